The van der Waals surface area contributed by atoms with Crippen LogP contribution >= 0.6 is 15.9 Å². The molecule has 0 aliphatic rings. The summed E-state index contributed by atoms with van der Waals surface area (Å²) in [7, 11) is 1.61. The molecule has 2 aromatic carbocycles. The molecule has 104 valence electrons. The Balaban J connectivity index is 2.08. The largest absolute Gasteiger partial charge is 0.497 e. The summed E-state index contributed by atoms with van der Waals surface area (Å²) in [5.74, 6) is 0.893. The zero-order valence-electron chi connectivity index (χ0n) is 11.2. The molecule has 2 N–H and O–H groups in total. The predicted molar refractivity (Wildman–Crippen MR) is 84.0 cm³/mol. The lowest BCUT2D eigenvalue weighted by atomic mass is 10.0. The van der Waals surface area contributed by atoms with E-state index in [4.69, 9.17) is 10.5 Å². The Morgan fingerprint density at radius 3 is 2.70 bits per heavy atom. The highest BCUT2D eigenvalue weighted by molar-refractivity contribution is 9.10. The fourth-order valence-corrected chi connectivity index (χ4v) is 2.41. The molecular formula is C16H16BrNO2. The molecule has 2 aromatic rings. The van der Waals surface area contributed by atoms with E-state index in [9.17, 15) is 4.79 Å². The molecule has 0 amide bonds. The van der Waals surface area contributed by atoms with E-state index in [2.05, 4.69) is 15.9 Å². The minimum absolute atomic E-state index is 0.143. The van der Waals surface area contributed by atoms with Crippen LogP contribution in [0, 0.1) is 0 Å². The van der Waals surface area contributed by atoms with Gasteiger partial charge in [0.1, 0.15) is 11.5 Å². The van der Waals surface area contributed by atoms with Gasteiger partial charge in [0.2, 0.25) is 0 Å². The van der Waals surface area contributed by atoms with E-state index in [1.807, 2.05) is 42.5 Å². The number of methoxy groups -OCH3 is 1. The third kappa shape index (κ3) is 3.84. The zero-order chi connectivity index (χ0) is 14.5. The summed E-state index contributed by atoms with van der Waals surface area (Å²) in [5, 5.41) is 0. The summed E-state index contributed by atoms with van der Waals surface area (Å²) < 4.78 is 6.09. The Bertz CT molecular complexity index is 626. The molecule has 0 bridgehead atoms. The van der Waals surface area contributed by atoms with Crippen LogP contribution in [0.4, 0.5) is 5.69 Å². The number of hydrogen-bond acceptors (Lipinski definition) is 3. The van der Waals surface area contributed by atoms with Gasteiger partial charge in [-0.1, -0.05) is 28.1 Å². The number of ether oxygens (including phenoxy) is 1. The van der Waals surface area contributed by atoms with Gasteiger partial charge in [-0.05, 0) is 41.5 Å². The number of benzene rings is 2. The number of ketones is 1. The van der Waals surface area contributed by atoms with E-state index in [1.54, 1.807) is 7.11 Å². The van der Waals surface area contributed by atoms with Crippen LogP contribution in [0.15, 0.2) is 46.9 Å². The highest BCUT2D eigenvalue weighted by Gasteiger charge is 2.09. The fraction of sp³-hybridized carbons (Fsp3) is 0.188. The highest BCUT2D eigenvalue weighted by Crippen LogP contribution is 2.23. The predicted octanol–water partition coefficient (Wildman–Crippen LogP) is 3.39. The first-order valence-corrected chi connectivity index (χ1v) is 7.06. The van der Waals surface area contributed by atoms with Crippen molar-refractivity contribution in [2.24, 2.45) is 0 Å². The van der Waals surface area contributed by atoms with Crippen LogP contribution in [-0.2, 0) is 17.6 Å². The fourth-order valence-electron chi connectivity index (χ4n) is 2.02. The van der Waals surface area contributed by atoms with Crippen LogP contribution in [0.25, 0.3) is 0 Å². The lowest BCUT2D eigenvalue weighted by Crippen LogP contribution is -2.07. The van der Waals surface area contributed by atoms with Gasteiger partial charge in [-0.25, -0.2) is 0 Å². The average molecular weight is 334 g/mol. The number of anilines is 1. The maximum absolute atomic E-state index is 12.1. The monoisotopic (exact) mass is 333 g/mol. The summed E-state index contributed by atoms with van der Waals surface area (Å²) in [6, 6.07) is 13.0. The topological polar surface area (TPSA) is 52.3 Å². The van der Waals surface area contributed by atoms with Crippen molar-refractivity contribution in [2.45, 2.75) is 12.8 Å². The van der Waals surface area contributed by atoms with Crippen molar-refractivity contribution in [1.82, 2.24) is 0 Å². The minimum Gasteiger partial charge on any atom is -0.497 e. The summed E-state index contributed by atoms with van der Waals surface area (Å²) in [6.07, 6.45) is 0.751. The van der Waals surface area contributed by atoms with Crippen molar-refractivity contribution in [3.8, 4) is 5.75 Å². The maximum Gasteiger partial charge on any atom is 0.141 e. The number of carbonyl (C=O) groups excluding carboxylic acids is 1. The number of hydrogen-bond donors (Lipinski definition) is 1. The first-order valence-electron chi connectivity index (χ1n) is 6.27. The van der Waals surface area contributed by atoms with E-state index in [0.29, 0.717) is 18.5 Å². The number of nitrogens with two attached hydrogens (primary N) is 1. The van der Waals surface area contributed by atoms with E-state index < -0.39 is 0 Å². The van der Waals surface area contributed by atoms with E-state index in [-0.39, 0.29) is 5.78 Å². The SMILES string of the molecule is COc1ccc(Br)c(CC(=O)Cc2cccc(N)c2)c1. The van der Waals surface area contributed by atoms with E-state index in [1.165, 1.54) is 0 Å². The second kappa shape index (κ2) is 6.57. The van der Waals surface area contributed by atoms with Crippen LogP contribution in [-0.4, -0.2) is 12.9 Å². The summed E-state index contributed by atoms with van der Waals surface area (Å²) in [5.41, 5.74) is 8.26. The van der Waals surface area contributed by atoms with Crippen molar-refractivity contribution in [2.75, 3.05) is 12.8 Å². The second-order valence-electron chi connectivity index (χ2n) is 4.59. The summed E-state index contributed by atoms with van der Waals surface area (Å²) in [4.78, 5) is 12.1. The Labute approximate surface area is 126 Å². The summed E-state index contributed by atoms with van der Waals surface area (Å²) in [6.45, 7) is 0. The zero-order valence-corrected chi connectivity index (χ0v) is 12.8. The van der Waals surface area contributed by atoms with Gasteiger partial charge in [-0.15, -0.1) is 0 Å². The smallest absolute Gasteiger partial charge is 0.141 e. The minimum atomic E-state index is 0.143. The number of carbonyl (C=O) groups is 1. The van der Waals surface area contributed by atoms with Crippen molar-refractivity contribution >= 4 is 27.4 Å². The first kappa shape index (κ1) is 14.6. The summed E-state index contributed by atoms with van der Waals surface area (Å²) >= 11 is 3.46. The number of rotatable bonds is 5. The highest BCUT2D eigenvalue weighted by atomic mass is 79.9. The molecule has 0 saturated carbocycles. The molecule has 0 radical (unpaired) electrons. The molecule has 2 rings (SSSR count). The van der Waals surface area contributed by atoms with Gasteiger partial charge in [0.15, 0.2) is 0 Å². The van der Waals surface area contributed by atoms with Crippen molar-refractivity contribution in [3.63, 3.8) is 0 Å². The maximum atomic E-state index is 12.1. The molecule has 0 saturated heterocycles. The lowest BCUT2D eigenvalue weighted by molar-refractivity contribution is -0.117. The molecule has 0 unspecified atom stereocenters. The third-order valence-electron chi connectivity index (χ3n) is 2.99. The average Bonchev–Trinajstić information content (AvgIpc) is 2.41. The van der Waals surface area contributed by atoms with Gasteiger partial charge < -0.3 is 10.5 Å². The Morgan fingerprint density at radius 2 is 2.00 bits per heavy atom. The van der Waals surface area contributed by atoms with Crippen LogP contribution in [0.3, 0.4) is 0 Å². The van der Waals surface area contributed by atoms with Gasteiger partial charge in [0.25, 0.3) is 0 Å². The van der Waals surface area contributed by atoms with Crippen molar-refractivity contribution in [3.05, 3.63) is 58.1 Å². The number of nitrogen functional groups attached to an aromatic ring is 1. The van der Waals surface area contributed by atoms with Gasteiger partial charge in [0, 0.05) is 23.0 Å². The van der Waals surface area contributed by atoms with Crippen LogP contribution in [0.1, 0.15) is 11.1 Å². The Kier molecular flexibility index (Phi) is 4.79. The molecule has 3 nitrogen and oxygen atoms in total. The molecule has 0 spiro atoms. The lowest BCUT2D eigenvalue weighted by Gasteiger charge is -2.07. The Morgan fingerprint density at radius 1 is 1.20 bits per heavy atom. The second-order valence-corrected chi connectivity index (χ2v) is 5.45. The van der Waals surface area contributed by atoms with E-state index >= 15 is 0 Å². The normalized spacial score (nSPS) is 10.3. The molecule has 0 aliphatic carbocycles. The standard InChI is InChI=1S/C16H16BrNO2/c1-20-15-5-6-16(17)12(10-15)9-14(19)8-11-3-2-4-13(18)7-11/h2-7,10H,8-9,18H2,1H3. The number of halogens is 1. The van der Waals surface area contributed by atoms with Crippen molar-refractivity contribution < 1.29 is 9.53 Å². The molecule has 0 aliphatic heterocycles. The van der Waals surface area contributed by atoms with Crippen LogP contribution in [0.5, 0.6) is 5.75 Å². The molecule has 4 heteroatoms. The van der Waals surface area contributed by atoms with Gasteiger partial charge in [-0.2, -0.15) is 0 Å². The quantitative estimate of drug-likeness (QED) is 0.853. The molecular weight excluding hydrogens is 318 g/mol. The van der Waals surface area contributed by atoms with Crippen LogP contribution in [0.2, 0.25) is 0 Å². The van der Waals surface area contributed by atoms with Crippen LogP contribution < -0.4 is 10.5 Å². The molecule has 20 heavy (non-hydrogen) atoms. The van der Waals surface area contributed by atoms with E-state index in [0.717, 1.165) is 21.3 Å². The first-order chi connectivity index (χ1) is 9.58. The van der Waals surface area contributed by atoms with Gasteiger partial charge in [-0.3, -0.25) is 4.79 Å². The molecule has 0 atom stereocenters. The number of Topliss-reactive ketones (excluding diaryl/α,β-unsaturated/α-hetero) is 1. The molecule has 0 aromatic heterocycles. The van der Waals surface area contributed by atoms with Crippen molar-refractivity contribution in [1.29, 1.82) is 0 Å². The molecule has 0 fully saturated rings. The van der Waals surface area contributed by atoms with Gasteiger partial charge >= 0.3 is 0 Å². The Hall–Kier alpha value is -1.81. The third-order valence-corrected chi connectivity index (χ3v) is 3.77. The van der Waals surface area contributed by atoms with Gasteiger partial charge in [0.05, 0.1) is 7.11 Å². The molecule has 0 heterocycles.